The molecule has 0 aliphatic carbocycles. The maximum absolute atomic E-state index is 11.8. The number of thiazole rings is 1. The number of carboxylic acid groups (broad SMARTS) is 1. The van der Waals surface area contributed by atoms with Gasteiger partial charge in [-0.25, -0.2) is 9.78 Å². The number of hydrogen-bond acceptors (Lipinski definition) is 4. The third-order valence-corrected chi connectivity index (χ3v) is 3.16. The number of carbonyl (C=O) groups is 2. The van der Waals surface area contributed by atoms with Gasteiger partial charge in [-0.15, -0.1) is 11.3 Å². The normalized spacial score (nSPS) is 12.8. The topological polar surface area (TPSA) is 91.3 Å². The summed E-state index contributed by atoms with van der Waals surface area (Å²) in [6.45, 7) is 6.37. The Morgan fingerprint density at radius 2 is 2.15 bits per heavy atom. The first kappa shape index (κ1) is 16.4. The van der Waals surface area contributed by atoms with E-state index in [1.54, 1.807) is 5.51 Å². The van der Waals surface area contributed by atoms with Crippen molar-refractivity contribution in [1.29, 1.82) is 0 Å². The number of aromatic nitrogens is 1. The van der Waals surface area contributed by atoms with Crippen molar-refractivity contribution in [2.24, 2.45) is 5.41 Å². The average molecular weight is 299 g/mol. The fraction of sp³-hybridized carbons (Fsp3) is 0.615. The lowest BCUT2D eigenvalue weighted by Crippen LogP contribution is -2.44. The summed E-state index contributed by atoms with van der Waals surface area (Å²) in [5, 5.41) is 16.1. The van der Waals surface area contributed by atoms with Crippen LogP contribution in [0.1, 0.15) is 39.3 Å². The fourth-order valence-electron chi connectivity index (χ4n) is 1.86. The monoisotopic (exact) mass is 299 g/mol. The predicted molar refractivity (Wildman–Crippen MR) is 77.6 cm³/mol. The molecule has 1 aromatic rings. The molecule has 0 aliphatic heterocycles. The SMILES string of the molecule is CC(C)(C)CC(CC(=O)O)NC(=O)NCc1cscn1. The highest BCUT2D eigenvalue weighted by Gasteiger charge is 2.22. The number of aliphatic carboxylic acids is 1. The molecular weight excluding hydrogens is 278 g/mol. The van der Waals surface area contributed by atoms with Gasteiger partial charge in [-0.2, -0.15) is 0 Å². The molecule has 0 fully saturated rings. The second-order valence-electron chi connectivity index (χ2n) is 5.87. The van der Waals surface area contributed by atoms with E-state index in [9.17, 15) is 9.59 Å². The van der Waals surface area contributed by atoms with Crippen LogP contribution in [0.3, 0.4) is 0 Å². The lowest BCUT2D eigenvalue weighted by atomic mass is 9.87. The third kappa shape index (κ3) is 7.08. The van der Waals surface area contributed by atoms with Crippen LogP contribution < -0.4 is 10.6 Å². The molecule has 1 heterocycles. The average Bonchev–Trinajstić information content (AvgIpc) is 2.75. The van der Waals surface area contributed by atoms with Gasteiger partial charge in [-0.1, -0.05) is 20.8 Å². The van der Waals surface area contributed by atoms with Gasteiger partial charge in [0, 0.05) is 11.4 Å². The lowest BCUT2D eigenvalue weighted by Gasteiger charge is -2.25. The fourth-order valence-corrected chi connectivity index (χ4v) is 2.41. The Labute approximate surface area is 122 Å². The van der Waals surface area contributed by atoms with Crippen molar-refractivity contribution in [2.45, 2.75) is 46.2 Å². The van der Waals surface area contributed by atoms with Crippen LogP contribution in [0.15, 0.2) is 10.9 Å². The van der Waals surface area contributed by atoms with Crippen molar-refractivity contribution < 1.29 is 14.7 Å². The van der Waals surface area contributed by atoms with Crippen LogP contribution >= 0.6 is 11.3 Å². The molecule has 1 rings (SSSR count). The summed E-state index contributed by atoms with van der Waals surface area (Å²) in [7, 11) is 0. The number of carboxylic acids is 1. The molecule has 0 aromatic carbocycles. The minimum Gasteiger partial charge on any atom is -0.481 e. The zero-order valence-corrected chi connectivity index (χ0v) is 12.8. The van der Waals surface area contributed by atoms with E-state index in [0.717, 1.165) is 5.69 Å². The molecule has 0 radical (unpaired) electrons. The number of hydrogen-bond donors (Lipinski definition) is 3. The van der Waals surface area contributed by atoms with Crippen molar-refractivity contribution in [2.75, 3.05) is 0 Å². The number of amides is 2. The van der Waals surface area contributed by atoms with Gasteiger partial charge >= 0.3 is 12.0 Å². The Kier molecular flexibility index (Phi) is 5.94. The third-order valence-electron chi connectivity index (χ3n) is 2.53. The molecule has 1 atom stereocenters. The largest absolute Gasteiger partial charge is 0.481 e. The summed E-state index contributed by atoms with van der Waals surface area (Å²) in [6.07, 6.45) is 0.519. The molecule has 6 nitrogen and oxygen atoms in total. The highest BCUT2D eigenvalue weighted by atomic mass is 32.1. The van der Waals surface area contributed by atoms with Gasteiger partial charge in [0.25, 0.3) is 0 Å². The molecule has 0 saturated carbocycles. The van der Waals surface area contributed by atoms with Crippen LogP contribution in [0.25, 0.3) is 0 Å². The number of urea groups is 1. The van der Waals surface area contributed by atoms with Crippen LogP contribution in [0.2, 0.25) is 0 Å². The molecule has 0 spiro atoms. The number of rotatable bonds is 6. The van der Waals surface area contributed by atoms with Gasteiger partial charge in [-0.05, 0) is 11.8 Å². The van der Waals surface area contributed by atoms with Crippen molar-refractivity contribution in [3.8, 4) is 0 Å². The maximum Gasteiger partial charge on any atom is 0.315 e. The van der Waals surface area contributed by atoms with Crippen LogP contribution in [-0.4, -0.2) is 28.1 Å². The molecule has 3 N–H and O–H groups in total. The van der Waals surface area contributed by atoms with Crippen LogP contribution in [0, 0.1) is 5.41 Å². The standard InChI is InChI=1S/C13H21N3O3S/c1-13(2,3)5-9(4-11(17)18)16-12(19)14-6-10-7-20-8-15-10/h7-9H,4-6H2,1-3H3,(H,17,18)(H2,14,16,19). The van der Waals surface area contributed by atoms with E-state index in [-0.39, 0.29) is 23.9 Å². The van der Waals surface area contributed by atoms with E-state index in [1.165, 1.54) is 11.3 Å². The first-order valence-corrected chi connectivity index (χ1v) is 7.34. The zero-order valence-electron chi connectivity index (χ0n) is 12.0. The van der Waals surface area contributed by atoms with Crippen molar-refractivity contribution >= 4 is 23.3 Å². The van der Waals surface area contributed by atoms with Crippen LogP contribution in [-0.2, 0) is 11.3 Å². The zero-order chi connectivity index (χ0) is 15.2. The van der Waals surface area contributed by atoms with Crippen LogP contribution in [0.5, 0.6) is 0 Å². The van der Waals surface area contributed by atoms with E-state index in [4.69, 9.17) is 5.11 Å². The van der Waals surface area contributed by atoms with Gasteiger partial charge in [0.2, 0.25) is 0 Å². The van der Waals surface area contributed by atoms with E-state index in [1.807, 2.05) is 26.2 Å². The van der Waals surface area contributed by atoms with Gasteiger partial charge in [0.1, 0.15) is 0 Å². The summed E-state index contributed by atoms with van der Waals surface area (Å²) in [6, 6.07) is -0.753. The highest BCUT2D eigenvalue weighted by molar-refractivity contribution is 7.07. The predicted octanol–water partition coefficient (Wildman–Crippen LogP) is 2.22. The quantitative estimate of drug-likeness (QED) is 0.751. The van der Waals surface area contributed by atoms with Crippen LogP contribution in [0.4, 0.5) is 4.79 Å². The summed E-state index contributed by atoms with van der Waals surface area (Å²) in [5.41, 5.74) is 2.43. The Bertz CT molecular complexity index is 440. The van der Waals surface area contributed by atoms with Crippen molar-refractivity contribution in [3.05, 3.63) is 16.6 Å². The Hall–Kier alpha value is -1.63. The molecule has 0 saturated heterocycles. The molecule has 1 aromatic heterocycles. The Balaban J connectivity index is 2.46. The van der Waals surface area contributed by atoms with E-state index in [0.29, 0.717) is 13.0 Å². The maximum atomic E-state index is 11.8. The molecule has 112 valence electrons. The molecule has 7 heteroatoms. The lowest BCUT2D eigenvalue weighted by molar-refractivity contribution is -0.137. The number of carbonyl (C=O) groups excluding carboxylic acids is 1. The molecular formula is C13H21N3O3S. The molecule has 1 unspecified atom stereocenters. The second-order valence-corrected chi connectivity index (χ2v) is 6.59. The van der Waals surface area contributed by atoms with Gasteiger partial charge < -0.3 is 15.7 Å². The first-order chi connectivity index (χ1) is 9.26. The van der Waals surface area contributed by atoms with E-state index >= 15 is 0 Å². The minimum atomic E-state index is -0.918. The molecule has 0 bridgehead atoms. The van der Waals surface area contributed by atoms with Gasteiger partial charge in [0.15, 0.2) is 0 Å². The second kappa shape index (κ2) is 7.23. The van der Waals surface area contributed by atoms with E-state index in [2.05, 4.69) is 15.6 Å². The van der Waals surface area contributed by atoms with Crippen molar-refractivity contribution in [3.63, 3.8) is 0 Å². The molecule has 2 amide bonds. The summed E-state index contributed by atoms with van der Waals surface area (Å²) in [4.78, 5) is 26.7. The highest BCUT2D eigenvalue weighted by Crippen LogP contribution is 2.22. The van der Waals surface area contributed by atoms with Crippen molar-refractivity contribution in [1.82, 2.24) is 15.6 Å². The first-order valence-electron chi connectivity index (χ1n) is 6.39. The number of nitrogens with one attached hydrogen (secondary N) is 2. The summed E-state index contributed by atoms with van der Waals surface area (Å²) >= 11 is 1.46. The molecule has 20 heavy (non-hydrogen) atoms. The Morgan fingerprint density at radius 1 is 1.45 bits per heavy atom. The van der Waals surface area contributed by atoms with Gasteiger partial charge in [0.05, 0.1) is 24.2 Å². The number of nitrogens with zero attached hydrogens (tertiary/aromatic N) is 1. The van der Waals surface area contributed by atoms with E-state index < -0.39 is 5.97 Å². The summed E-state index contributed by atoms with van der Waals surface area (Å²) in [5.74, 6) is -0.918. The molecule has 0 aliphatic rings. The summed E-state index contributed by atoms with van der Waals surface area (Å²) < 4.78 is 0. The minimum absolute atomic E-state index is 0.0533. The Morgan fingerprint density at radius 3 is 2.65 bits per heavy atom. The smallest absolute Gasteiger partial charge is 0.315 e. The van der Waals surface area contributed by atoms with Gasteiger partial charge in [-0.3, -0.25) is 4.79 Å².